The number of halogens is 1. The van der Waals surface area contributed by atoms with Gasteiger partial charge in [0.25, 0.3) is 0 Å². The average Bonchev–Trinajstić information content (AvgIpc) is 2.09. The molecule has 0 bridgehead atoms. The van der Waals surface area contributed by atoms with E-state index in [9.17, 15) is 14.5 Å². The van der Waals surface area contributed by atoms with Crippen LogP contribution >= 0.6 is 0 Å². The van der Waals surface area contributed by atoms with Gasteiger partial charge in [0.2, 0.25) is 5.75 Å². The maximum absolute atomic E-state index is 13.1. The van der Waals surface area contributed by atoms with Gasteiger partial charge in [-0.15, -0.1) is 0 Å². The van der Waals surface area contributed by atoms with Crippen LogP contribution in [0.4, 0.5) is 10.1 Å². The van der Waals surface area contributed by atoms with Crippen molar-refractivity contribution in [2.24, 2.45) is 5.73 Å². The van der Waals surface area contributed by atoms with E-state index in [-0.39, 0.29) is 6.04 Å². The molecule has 1 aromatic rings. The molecule has 0 aromatic heterocycles. The Morgan fingerprint density at radius 2 is 2.27 bits per heavy atom. The quantitative estimate of drug-likeness (QED) is 0.586. The number of nitro benzene ring substituents is 1. The fraction of sp³-hybridized carbons (Fsp3) is 0.333. The van der Waals surface area contributed by atoms with Crippen LogP contribution in [-0.4, -0.2) is 16.1 Å². The highest BCUT2D eigenvalue weighted by Crippen LogP contribution is 2.30. The van der Waals surface area contributed by atoms with Crippen LogP contribution in [0, 0.1) is 15.9 Å². The minimum Gasteiger partial charge on any atom is -0.500 e. The van der Waals surface area contributed by atoms with E-state index in [1.165, 1.54) is 0 Å². The van der Waals surface area contributed by atoms with E-state index in [0.29, 0.717) is 12.0 Å². The van der Waals surface area contributed by atoms with Gasteiger partial charge in [0, 0.05) is 12.1 Å². The first kappa shape index (κ1) is 11.4. The Hall–Kier alpha value is -1.69. The molecule has 0 spiro atoms. The van der Waals surface area contributed by atoms with Crippen LogP contribution in [0.15, 0.2) is 12.1 Å². The number of rotatable bonds is 3. The lowest BCUT2D eigenvalue weighted by Crippen LogP contribution is -2.17. The van der Waals surface area contributed by atoms with Gasteiger partial charge in [-0.3, -0.25) is 10.1 Å². The maximum Gasteiger partial charge on any atom is 0.314 e. The number of aromatic hydroxyl groups is 1. The molecule has 3 N–H and O–H groups in total. The molecule has 0 fully saturated rings. The molecular formula is C9H11FN2O3. The summed E-state index contributed by atoms with van der Waals surface area (Å²) in [5.41, 5.74) is 5.25. The molecule has 0 saturated carbocycles. The number of phenols is 1. The zero-order chi connectivity index (χ0) is 11.6. The van der Waals surface area contributed by atoms with Gasteiger partial charge in [-0.1, -0.05) is 0 Å². The largest absolute Gasteiger partial charge is 0.500 e. The van der Waals surface area contributed by atoms with Crippen LogP contribution in [0.5, 0.6) is 5.75 Å². The summed E-state index contributed by atoms with van der Waals surface area (Å²) in [7, 11) is 0. The summed E-state index contributed by atoms with van der Waals surface area (Å²) < 4.78 is 13.1. The second-order valence-corrected chi connectivity index (χ2v) is 3.38. The molecule has 0 amide bonds. The first-order valence-electron chi connectivity index (χ1n) is 4.33. The van der Waals surface area contributed by atoms with Gasteiger partial charge in [0.15, 0.2) is 5.82 Å². The summed E-state index contributed by atoms with van der Waals surface area (Å²) in [6.45, 7) is 1.70. The van der Waals surface area contributed by atoms with E-state index in [4.69, 9.17) is 10.8 Å². The minimum atomic E-state index is -1.00. The van der Waals surface area contributed by atoms with E-state index in [1.54, 1.807) is 6.92 Å². The second kappa shape index (κ2) is 4.22. The second-order valence-electron chi connectivity index (χ2n) is 3.38. The fourth-order valence-electron chi connectivity index (χ4n) is 1.27. The molecule has 0 aliphatic carbocycles. The summed E-state index contributed by atoms with van der Waals surface area (Å²) in [6, 6.07) is 1.95. The number of hydrogen-bond acceptors (Lipinski definition) is 4. The van der Waals surface area contributed by atoms with Crippen molar-refractivity contribution < 1.29 is 14.4 Å². The Bertz CT molecular complexity index is 393. The lowest BCUT2D eigenvalue weighted by Gasteiger charge is -2.06. The minimum absolute atomic E-state index is 0.228. The van der Waals surface area contributed by atoms with E-state index < -0.39 is 22.2 Å². The predicted molar refractivity (Wildman–Crippen MR) is 52.1 cm³/mol. The third kappa shape index (κ3) is 2.63. The van der Waals surface area contributed by atoms with Crippen molar-refractivity contribution in [2.75, 3.05) is 0 Å². The van der Waals surface area contributed by atoms with Crippen LogP contribution in [0.1, 0.15) is 12.5 Å². The maximum atomic E-state index is 13.1. The summed E-state index contributed by atoms with van der Waals surface area (Å²) in [5, 5.41) is 19.5. The van der Waals surface area contributed by atoms with Crippen molar-refractivity contribution in [1.82, 2.24) is 0 Å². The summed E-state index contributed by atoms with van der Waals surface area (Å²) >= 11 is 0. The van der Waals surface area contributed by atoms with Crippen LogP contribution in [0.3, 0.4) is 0 Å². The zero-order valence-corrected chi connectivity index (χ0v) is 8.11. The molecule has 1 rings (SSSR count). The van der Waals surface area contributed by atoms with Crippen LogP contribution in [0.2, 0.25) is 0 Å². The van der Waals surface area contributed by atoms with Crippen molar-refractivity contribution >= 4 is 5.69 Å². The van der Waals surface area contributed by atoms with E-state index in [0.717, 1.165) is 12.1 Å². The van der Waals surface area contributed by atoms with Gasteiger partial charge in [-0.05, 0) is 25.0 Å². The van der Waals surface area contributed by atoms with Crippen molar-refractivity contribution in [2.45, 2.75) is 19.4 Å². The molecule has 1 aromatic carbocycles. The molecule has 0 radical (unpaired) electrons. The monoisotopic (exact) mass is 214 g/mol. The molecule has 1 unspecified atom stereocenters. The highest BCUT2D eigenvalue weighted by molar-refractivity contribution is 5.48. The summed E-state index contributed by atoms with van der Waals surface area (Å²) in [5.74, 6) is -1.94. The lowest BCUT2D eigenvalue weighted by molar-refractivity contribution is -0.386. The Kier molecular flexibility index (Phi) is 3.21. The van der Waals surface area contributed by atoms with E-state index in [2.05, 4.69) is 0 Å². The molecule has 6 heteroatoms. The first-order chi connectivity index (χ1) is 6.91. The number of nitro groups is 1. The first-order valence-corrected chi connectivity index (χ1v) is 4.33. The number of nitrogens with two attached hydrogens (primary N) is 1. The molecule has 0 heterocycles. The van der Waals surface area contributed by atoms with E-state index in [1.807, 2.05) is 0 Å². The number of phenolic OH excluding ortho intramolecular Hbond substituents is 1. The summed E-state index contributed by atoms with van der Waals surface area (Å²) in [6.07, 6.45) is 0.317. The third-order valence-corrected chi connectivity index (χ3v) is 1.86. The Labute approximate surface area is 85.5 Å². The highest BCUT2D eigenvalue weighted by Gasteiger charge is 2.19. The standard InChI is InChI=1S/C9H11FN2O3/c1-5(11)2-6-3-7(10)9(13)8(4-6)12(14)15/h3-5,13H,2,11H2,1H3. The van der Waals surface area contributed by atoms with Gasteiger partial charge in [-0.2, -0.15) is 0 Å². The SMILES string of the molecule is CC(N)Cc1cc(F)c(O)c([N+](=O)[O-])c1. The molecule has 0 saturated heterocycles. The molecule has 15 heavy (non-hydrogen) atoms. The van der Waals surface area contributed by atoms with Gasteiger partial charge < -0.3 is 10.8 Å². The van der Waals surface area contributed by atoms with Gasteiger partial charge in [0.05, 0.1) is 4.92 Å². The third-order valence-electron chi connectivity index (χ3n) is 1.86. The molecule has 0 aliphatic heterocycles. The molecular weight excluding hydrogens is 203 g/mol. The van der Waals surface area contributed by atoms with Gasteiger partial charge in [-0.25, -0.2) is 4.39 Å². The number of benzene rings is 1. The Morgan fingerprint density at radius 1 is 1.67 bits per heavy atom. The van der Waals surface area contributed by atoms with E-state index >= 15 is 0 Å². The molecule has 0 aliphatic rings. The van der Waals surface area contributed by atoms with Gasteiger partial charge in [0.1, 0.15) is 0 Å². The zero-order valence-electron chi connectivity index (χ0n) is 8.11. The highest BCUT2D eigenvalue weighted by atomic mass is 19.1. The van der Waals surface area contributed by atoms with Gasteiger partial charge >= 0.3 is 5.69 Å². The summed E-state index contributed by atoms with van der Waals surface area (Å²) in [4.78, 5) is 9.63. The Morgan fingerprint density at radius 3 is 2.73 bits per heavy atom. The Balaban J connectivity index is 3.17. The number of hydrogen-bond donors (Lipinski definition) is 2. The van der Waals surface area contributed by atoms with Crippen molar-refractivity contribution in [3.63, 3.8) is 0 Å². The molecule has 5 nitrogen and oxygen atoms in total. The van der Waals surface area contributed by atoms with Crippen LogP contribution in [-0.2, 0) is 6.42 Å². The van der Waals surface area contributed by atoms with Crippen molar-refractivity contribution in [3.05, 3.63) is 33.6 Å². The number of nitrogens with zero attached hydrogens (tertiary/aromatic N) is 1. The van der Waals surface area contributed by atoms with Crippen LogP contribution < -0.4 is 5.73 Å². The van der Waals surface area contributed by atoms with Crippen molar-refractivity contribution in [1.29, 1.82) is 0 Å². The average molecular weight is 214 g/mol. The topological polar surface area (TPSA) is 89.4 Å². The predicted octanol–water partition coefficient (Wildman–Crippen LogP) is 1.33. The van der Waals surface area contributed by atoms with Crippen LogP contribution in [0.25, 0.3) is 0 Å². The lowest BCUT2D eigenvalue weighted by atomic mass is 10.1. The molecule has 1 atom stereocenters. The molecule has 82 valence electrons. The fourth-order valence-corrected chi connectivity index (χ4v) is 1.27. The normalized spacial score (nSPS) is 12.5. The smallest absolute Gasteiger partial charge is 0.314 e. The van der Waals surface area contributed by atoms with Crippen molar-refractivity contribution in [3.8, 4) is 5.75 Å².